The highest BCUT2D eigenvalue weighted by Crippen LogP contribution is 2.26. The maximum atomic E-state index is 14.7. The molecular weight excluding hydrogens is 1010 g/mol. The molecule has 0 aliphatic carbocycles. The minimum atomic E-state index is -1.78. The van der Waals surface area contributed by atoms with Gasteiger partial charge in [-0.3, -0.25) is 57.5 Å². The number of primary amides is 3. The minimum absolute atomic E-state index is 0.0146. The van der Waals surface area contributed by atoms with Crippen molar-refractivity contribution in [1.29, 1.82) is 0 Å². The van der Waals surface area contributed by atoms with Gasteiger partial charge in [-0.1, -0.05) is 67.8 Å². The van der Waals surface area contributed by atoms with Crippen LogP contribution in [0, 0.1) is 11.8 Å². The molecule has 26 nitrogen and oxygen atoms in total. The van der Waals surface area contributed by atoms with Gasteiger partial charge in [-0.05, 0) is 55.2 Å². The molecule has 3 saturated heterocycles. The normalized spacial score (nSPS) is 25.7. The van der Waals surface area contributed by atoms with Crippen molar-refractivity contribution in [2.24, 2.45) is 34.8 Å². The van der Waals surface area contributed by atoms with E-state index in [9.17, 15) is 62.6 Å². The smallest absolute Gasteiger partial charge is 0.246 e. The predicted octanol–water partition coefficient (Wildman–Crippen LogP) is -4.40. The lowest BCUT2D eigenvalue weighted by Crippen LogP contribution is -2.63. The third-order valence-corrected chi connectivity index (χ3v) is 15.0. The zero-order valence-corrected chi connectivity index (χ0v) is 43.4. The van der Waals surface area contributed by atoms with Gasteiger partial charge in [-0.2, -0.15) is 0 Å². The Bertz CT molecular complexity index is 2280. The maximum Gasteiger partial charge on any atom is 0.246 e. The molecule has 1 aromatic rings. The van der Waals surface area contributed by atoms with Crippen LogP contribution in [0.1, 0.15) is 78.2 Å². The molecule has 0 spiro atoms. The van der Waals surface area contributed by atoms with E-state index >= 15 is 0 Å². The number of nitrogens with one attached hydrogen (secondary N) is 7. The first-order valence-electron chi connectivity index (χ1n) is 24.2. The molecule has 3 heterocycles. The summed E-state index contributed by atoms with van der Waals surface area (Å²) < 4.78 is 0. The lowest BCUT2D eigenvalue weighted by Gasteiger charge is -2.35. The molecular formula is C46H69N13O13S2. The predicted molar refractivity (Wildman–Crippen MR) is 270 cm³/mol. The van der Waals surface area contributed by atoms with Crippen LogP contribution in [0.5, 0.6) is 5.75 Å². The summed E-state index contributed by atoms with van der Waals surface area (Å²) in [5.74, 6) is -11.4. The lowest BCUT2D eigenvalue weighted by atomic mass is 9.96. The Balaban J connectivity index is 1.69. The van der Waals surface area contributed by atoms with Crippen molar-refractivity contribution in [3.8, 4) is 5.75 Å². The van der Waals surface area contributed by atoms with Crippen molar-refractivity contribution in [1.82, 2.24) is 47.0 Å². The van der Waals surface area contributed by atoms with Crippen LogP contribution in [0.4, 0.5) is 0 Å². The second kappa shape index (κ2) is 28.1. The van der Waals surface area contributed by atoms with Gasteiger partial charge in [0, 0.05) is 30.9 Å². The monoisotopic (exact) mass is 1080 g/mol. The molecule has 10 atom stereocenters. The SMILES string of the molecule is CC[C@H](C)[C@@H]1NC(=O)[C@H](Cc2ccc(O)cc2)NC(=O)[C@@H](N)CSSC[C@@H](C(=O)N2CCC[C@H]2C(=O)N[C@@H](CC(C)C)C(=O)N2CC(=O)N[C@@H](C(N)=O)C2)NC(=O)[C@H](CC(N)=O)NC(=O)[C@H](CCC(N)=O)NC1=O. The van der Waals surface area contributed by atoms with Gasteiger partial charge in [0.15, 0.2) is 0 Å². The first-order chi connectivity index (χ1) is 34.9. The molecule has 0 saturated carbocycles. The Morgan fingerprint density at radius 1 is 0.770 bits per heavy atom. The Kier molecular flexibility index (Phi) is 22.8. The van der Waals surface area contributed by atoms with Crippen molar-refractivity contribution in [2.45, 2.75) is 133 Å². The molecule has 0 radical (unpaired) electrons. The quantitative estimate of drug-likeness (QED) is 0.0696. The number of nitrogens with two attached hydrogens (primary N) is 4. The molecule has 3 aliphatic heterocycles. The highest BCUT2D eigenvalue weighted by molar-refractivity contribution is 8.76. The molecule has 3 fully saturated rings. The average molecular weight is 1080 g/mol. The van der Waals surface area contributed by atoms with Gasteiger partial charge in [0.2, 0.25) is 70.9 Å². The molecule has 0 aromatic heterocycles. The Morgan fingerprint density at radius 3 is 2.01 bits per heavy atom. The summed E-state index contributed by atoms with van der Waals surface area (Å²) in [7, 11) is 2.02. The highest BCUT2D eigenvalue weighted by Gasteiger charge is 2.42. The van der Waals surface area contributed by atoms with Crippen molar-refractivity contribution >= 4 is 92.5 Å². The summed E-state index contributed by atoms with van der Waals surface area (Å²) in [5, 5.41) is 27.8. The first kappa shape index (κ1) is 59.9. The fraction of sp³-hybridized carbons (Fsp3) is 0.609. The van der Waals surface area contributed by atoms with E-state index in [1.165, 1.54) is 29.2 Å². The number of aromatic hydroxyl groups is 1. The summed E-state index contributed by atoms with van der Waals surface area (Å²) >= 11 is 0. The van der Waals surface area contributed by atoms with Gasteiger partial charge in [0.1, 0.15) is 54.1 Å². The van der Waals surface area contributed by atoms with E-state index in [1.54, 1.807) is 27.7 Å². The average Bonchev–Trinajstić information content (AvgIpc) is 3.84. The van der Waals surface area contributed by atoms with E-state index in [4.69, 9.17) is 22.9 Å². The van der Waals surface area contributed by atoms with Crippen molar-refractivity contribution in [3.63, 3.8) is 0 Å². The van der Waals surface area contributed by atoms with Gasteiger partial charge in [0.05, 0.1) is 25.6 Å². The lowest BCUT2D eigenvalue weighted by molar-refractivity contribution is -0.146. The van der Waals surface area contributed by atoms with Crippen molar-refractivity contribution in [3.05, 3.63) is 29.8 Å². The molecule has 3 aliphatic rings. The van der Waals surface area contributed by atoms with E-state index in [2.05, 4.69) is 37.2 Å². The van der Waals surface area contributed by atoms with E-state index in [0.717, 1.165) is 26.5 Å². The Labute approximate surface area is 435 Å². The summed E-state index contributed by atoms with van der Waals surface area (Å²) in [4.78, 5) is 164. The summed E-state index contributed by atoms with van der Waals surface area (Å²) in [6.45, 7) is 6.37. The van der Waals surface area contributed by atoms with Crippen LogP contribution in [0.25, 0.3) is 0 Å². The number of phenolic OH excluding ortho intramolecular Hbond substituents is 1. The second-order valence-electron chi connectivity index (χ2n) is 19.0. The zero-order chi connectivity index (χ0) is 55.0. The fourth-order valence-corrected chi connectivity index (χ4v) is 10.6. The first-order valence-corrected chi connectivity index (χ1v) is 26.7. The number of amides is 12. The Hall–Kier alpha value is -6.68. The summed E-state index contributed by atoms with van der Waals surface area (Å²) in [6.07, 6.45) is -0.898. The van der Waals surface area contributed by atoms with Crippen LogP contribution < -0.4 is 60.2 Å². The van der Waals surface area contributed by atoms with Crippen molar-refractivity contribution in [2.75, 3.05) is 31.1 Å². The number of benzene rings is 1. The number of carbonyl (C=O) groups excluding carboxylic acids is 12. The molecule has 0 unspecified atom stereocenters. The number of hydrogen-bond acceptors (Lipinski definition) is 16. The number of phenols is 1. The molecule has 4 rings (SSSR count). The van der Waals surface area contributed by atoms with E-state index < -0.39 is 157 Å². The fourth-order valence-electron chi connectivity index (χ4n) is 8.33. The number of piperazine rings is 1. The number of hydrogen-bond donors (Lipinski definition) is 12. The van der Waals surface area contributed by atoms with E-state index in [0.29, 0.717) is 18.4 Å². The van der Waals surface area contributed by atoms with E-state index in [1.807, 2.05) is 0 Å². The van der Waals surface area contributed by atoms with Crippen LogP contribution in [-0.4, -0.2) is 171 Å². The van der Waals surface area contributed by atoms with Crippen LogP contribution in [0.15, 0.2) is 24.3 Å². The largest absolute Gasteiger partial charge is 0.508 e. The van der Waals surface area contributed by atoms with Gasteiger partial charge in [-0.25, -0.2) is 0 Å². The maximum absolute atomic E-state index is 14.7. The number of carbonyl (C=O) groups is 12. The zero-order valence-electron chi connectivity index (χ0n) is 41.7. The third kappa shape index (κ3) is 17.8. The third-order valence-electron chi connectivity index (χ3n) is 12.6. The van der Waals surface area contributed by atoms with E-state index in [-0.39, 0.29) is 55.5 Å². The van der Waals surface area contributed by atoms with Gasteiger partial charge < -0.3 is 75.1 Å². The molecule has 74 heavy (non-hydrogen) atoms. The van der Waals surface area contributed by atoms with Crippen LogP contribution in [-0.2, 0) is 64.0 Å². The summed E-state index contributed by atoms with van der Waals surface area (Å²) in [6, 6.07) is -6.50. The minimum Gasteiger partial charge on any atom is -0.508 e. The molecule has 1 aromatic carbocycles. The van der Waals surface area contributed by atoms with Crippen LogP contribution >= 0.6 is 21.6 Å². The molecule has 28 heteroatoms. The number of nitrogens with zero attached hydrogens (tertiary/aromatic N) is 2. The number of rotatable bonds is 16. The van der Waals surface area contributed by atoms with Gasteiger partial charge in [-0.15, -0.1) is 0 Å². The van der Waals surface area contributed by atoms with Crippen molar-refractivity contribution < 1.29 is 62.6 Å². The molecule has 0 bridgehead atoms. The summed E-state index contributed by atoms with van der Waals surface area (Å²) in [5.41, 5.74) is 23.2. The van der Waals surface area contributed by atoms with Crippen LogP contribution in [0.3, 0.4) is 0 Å². The standard InChI is InChI=1S/C46H69N13O13S2/c1-5-23(4)37-44(70)52-27(12-13-34(48)61)40(66)54-29(17-35(49)62)41(67)56-32(21-74-73-20-26(47)39(65)53-28(42(68)57-37)16-24-8-10-25(60)11-9-24)46(72)59-14-6-7-33(59)43(69)55-30(15-22(2)3)45(71)58-18-31(38(50)64)51-36(63)19-58/h8-11,22-23,26-33,37,60H,5-7,12-21,47H2,1-4H3,(H2,48,61)(H2,49,62)(H2,50,64)(H,51,63)(H,52,70)(H,53,65)(H,54,66)(H,55,69)(H,56,67)(H,57,68)/t23-,26-,27-,28-,29-,30-,31+,32-,33-,37-/m0/s1. The van der Waals surface area contributed by atoms with Gasteiger partial charge in [0.25, 0.3) is 0 Å². The number of likely N-dealkylation sites (tertiary alicyclic amines) is 1. The van der Waals surface area contributed by atoms with Crippen LogP contribution in [0.2, 0.25) is 0 Å². The topological polar surface area (TPSA) is 420 Å². The molecule has 408 valence electrons. The second-order valence-corrected chi connectivity index (χ2v) is 21.5. The highest BCUT2D eigenvalue weighted by atomic mass is 33.1. The Morgan fingerprint density at radius 2 is 1.39 bits per heavy atom. The molecule has 16 N–H and O–H groups in total. The van der Waals surface area contributed by atoms with Gasteiger partial charge >= 0.3 is 0 Å². The molecule has 12 amide bonds.